The van der Waals surface area contributed by atoms with E-state index in [9.17, 15) is 4.79 Å². The molecule has 1 atom stereocenters. The van der Waals surface area contributed by atoms with Crippen LogP contribution in [0, 0.1) is 12.8 Å². The summed E-state index contributed by atoms with van der Waals surface area (Å²) in [7, 11) is 0. The zero-order valence-corrected chi connectivity index (χ0v) is 12.4. The number of furan rings is 1. The Labute approximate surface area is 121 Å². The molecular formula is C14H18N2O3S. The van der Waals surface area contributed by atoms with E-state index < -0.39 is 0 Å². The first kappa shape index (κ1) is 14.7. The molecule has 2 rings (SSSR count). The molecule has 2 aromatic rings. The number of thiazole rings is 1. The summed E-state index contributed by atoms with van der Waals surface area (Å²) in [4.78, 5) is 17.3. The Bertz CT molecular complexity index is 563. The SMILES string of the molecule is Cc1sc(-c2ccco2)nc1C(=O)NCC(C)CCO. The number of hydrogen-bond donors (Lipinski definition) is 2. The van der Waals surface area contributed by atoms with Gasteiger partial charge in [0.25, 0.3) is 5.91 Å². The number of rotatable bonds is 6. The summed E-state index contributed by atoms with van der Waals surface area (Å²) in [5, 5.41) is 12.4. The summed E-state index contributed by atoms with van der Waals surface area (Å²) in [5.74, 6) is 0.736. The highest BCUT2D eigenvalue weighted by Gasteiger charge is 2.17. The van der Waals surface area contributed by atoms with Crippen LogP contribution in [0.15, 0.2) is 22.8 Å². The maximum absolute atomic E-state index is 12.1. The van der Waals surface area contributed by atoms with Crippen molar-refractivity contribution < 1.29 is 14.3 Å². The molecule has 0 saturated carbocycles. The van der Waals surface area contributed by atoms with Crippen LogP contribution in [-0.2, 0) is 0 Å². The van der Waals surface area contributed by atoms with Gasteiger partial charge in [0, 0.05) is 18.0 Å². The van der Waals surface area contributed by atoms with Crippen molar-refractivity contribution in [3.8, 4) is 10.8 Å². The maximum atomic E-state index is 12.1. The number of amides is 1. The van der Waals surface area contributed by atoms with Crippen LogP contribution >= 0.6 is 11.3 Å². The Morgan fingerprint density at radius 3 is 3.05 bits per heavy atom. The summed E-state index contributed by atoms with van der Waals surface area (Å²) in [6.07, 6.45) is 2.26. The fourth-order valence-corrected chi connectivity index (χ4v) is 2.66. The second-order valence-electron chi connectivity index (χ2n) is 4.73. The first-order chi connectivity index (χ1) is 9.61. The molecule has 0 bridgehead atoms. The Morgan fingerprint density at radius 2 is 2.40 bits per heavy atom. The van der Waals surface area contributed by atoms with E-state index in [0.717, 1.165) is 4.88 Å². The Kier molecular flexibility index (Phi) is 4.92. The second kappa shape index (κ2) is 6.67. The molecule has 0 aromatic carbocycles. The highest BCUT2D eigenvalue weighted by molar-refractivity contribution is 7.15. The van der Waals surface area contributed by atoms with E-state index in [1.807, 2.05) is 19.9 Å². The molecule has 20 heavy (non-hydrogen) atoms. The van der Waals surface area contributed by atoms with Crippen molar-refractivity contribution in [3.05, 3.63) is 29.0 Å². The zero-order chi connectivity index (χ0) is 14.5. The topological polar surface area (TPSA) is 75.4 Å². The van der Waals surface area contributed by atoms with E-state index in [0.29, 0.717) is 29.4 Å². The van der Waals surface area contributed by atoms with Crippen molar-refractivity contribution >= 4 is 17.2 Å². The molecule has 0 radical (unpaired) electrons. The third kappa shape index (κ3) is 3.46. The standard InChI is InChI=1S/C14H18N2O3S/c1-9(5-6-17)8-15-13(18)12-10(2)20-14(16-12)11-4-3-7-19-11/h3-4,7,9,17H,5-6,8H2,1-2H3,(H,15,18). The molecule has 0 aliphatic heterocycles. The Balaban J connectivity index is 2.03. The van der Waals surface area contributed by atoms with Crippen molar-refractivity contribution in [2.45, 2.75) is 20.3 Å². The minimum absolute atomic E-state index is 0.134. The fraction of sp³-hybridized carbons (Fsp3) is 0.429. The molecule has 0 aliphatic rings. The summed E-state index contributed by atoms with van der Waals surface area (Å²) < 4.78 is 5.29. The van der Waals surface area contributed by atoms with Gasteiger partial charge in [-0.2, -0.15) is 0 Å². The number of aliphatic hydroxyl groups is 1. The van der Waals surface area contributed by atoms with Crippen LogP contribution in [0.25, 0.3) is 10.8 Å². The van der Waals surface area contributed by atoms with Crippen molar-refractivity contribution in [1.82, 2.24) is 10.3 Å². The number of aryl methyl sites for hydroxylation is 1. The molecule has 0 spiro atoms. The largest absolute Gasteiger partial charge is 0.462 e. The van der Waals surface area contributed by atoms with Gasteiger partial charge in [-0.15, -0.1) is 11.3 Å². The van der Waals surface area contributed by atoms with Crippen molar-refractivity contribution in [2.24, 2.45) is 5.92 Å². The molecule has 0 aliphatic carbocycles. The predicted octanol–water partition coefficient (Wildman–Crippen LogP) is 2.46. The van der Waals surface area contributed by atoms with Crippen LogP contribution in [0.5, 0.6) is 0 Å². The summed E-state index contributed by atoms with van der Waals surface area (Å²) in [6, 6.07) is 3.62. The third-order valence-corrected chi connectivity index (χ3v) is 3.96. The van der Waals surface area contributed by atoms with E-state index in [4.69, 9.17) is 9.52 Å². The van der Waals surface area contributed by atoms with E-state index in [-0.39, 0.29) is 18.4 Å². The van der Waals surface area contributed by atoms with Gasteiger partial charge in [0.15, 0.2) is 10.8 Å². The van der Waals surface area contributed by atoms with Crippen molar-refractivity contribution in [1.29, 1.82) is 0 Å². The number of carbonyl (C=O) groups excluding carboxylic acids is 1. The fourth-order valence-electron chi connectivity index (χ4n) is 1.79. The molecule has 6 heteroatoms. The minimum Gasteiger partial charge on any atom is -0.462 e. The van der Waals surface area contributed by atoms with Gasteiger partial charge in [-0.05, 0) is 31.4 Å². The van der Waals surface area contributed by atoms with Gasteiger partial charge in [0.2, 0.25) is 0 Å². The van der Waals surface area contributed by atoms with Gasteiger partial charge in [-0.3, -0.25) is 4.79 Å². The van der Waals surface area contributed by atoms with Crippen LogP contribution in [-0.4, -0.2) is 29.1 Å². The second-order valence-corrected chi connectivity index (χ2v) is 5.93. The van der Waals surface area contributed by atoms with Crippen LogP contribution in [0.1, 0.15) is 28.7 Å². The number of aliphatic hydroxyl groups excluding tert-OH is 1. The van der Waals surface area contributed by atoms with Crippen LogP contribution in [0.4, 0.5) is 0 Å². The van der Waals surface area contributed by atoms with Gasteiger partial charge < -0.3 is 14.8 Å². The lowest BCUT2D eigenvalue weighted by Gasteiger charge is -2.10. The predicted molar refractivity (Wildman–Crippen MR) is 77.8 cm³/mol. The number of hydrogen-bond acceptors (Lipinski definition) is 5. The van der Waals surface area contributed by atoms with Crippen molar-refractivity contribution in [3.63, 3.8) is 0 Å². The minimum atomic E-state index is -0.179. The van der Waals surface area contributed by atoms with Crippen LogP contribution < -0.4 is 5.32 Å². The first-order valence-corrected chi connectivity index (χ1v) is 7.33. The van der Waals surface area contributed by atoms with Crippen molar-refractivity contribution in [2.75, 3.05) is 13.2 Å². The van der Waals surface area contributed by atoms with E-state index in [1.165, 1.54) is 11.3 Å². The maximum Gasteiger partial charge on any atom is 0.271 e. The molecule has 2 aromatic heterocycles. The summed E-state index contributed by atoms with van der Waals surface area (Å²) in [5.41, 5.74) is 0.442. The molecule has 0 fully saturated rings. The first-order valence-electron chi connectivity index (χ1n) is 6.52. The van der Waals surface area contributed by atoms with Gasteiger partial charge in [-0.1, -0.05) is 6.92 Å². The Morgan fingerprint density at radius 1 is 1.60 bits per heavy atom. The van der Waals surface area contributed by atoms with E-state index in [1.54, 1.807) is 12.3 Å². The number of aromatic nitrogens is 1. The molecule has 1 unspecified atom stereocenters. The number of nitrogens with zero attached hydrogens (tertiary/aromatic N) is 1. The number of carbonyl (C=O) groups is 1. The monoisotopic (exact) mass is 294 g/mol. The Hall–Kier alpha value is -1.66. The normalized spacial score (nSPS) is 12.3. The molecular weight excluding hydrogens is 276 g/mol. The van der Waals surface area contributed by atoms with Crippen LogP contribution in [0.2, 0.25) is 0 Å². The molecule has 2 N–H and O–H groups in total. The lowest BCUT2D eigenvalue weighted by Crippen LogP contribution is -2.29. The average molecular weight is 294 g/mol. The number of nitrogens with one attached hydrogen (secondary N) is 1. The molecule has 1 amide bonds. The molecule has 0 saturated heterocycles. The van der Waals surface area contributed by atoms with Gasteiger partial charge in [0.05, 0.1) is 6.26 Å². The summed E-state index contributed by atoms with van der Waals surface area (Å²) >= 11 is 1.44. The third-order valence-electron chi connectivity index (χ3n) is 2.98. The van der Waals surface area contributed by atoms with E-state index >= 15 is 0 Å². The molecule has 5 nitrogen and oxygen atoms in total. The van der Waals surface area contributed by atoms with Gasteiger partial charge in [0.1, 0.15) is 5.69 Å². The smallest absolute Gasteiger partial charge is 0.271 e. The van der Waals surface area contributed by atoms with E-state index in [2.05, 4.69) is 10.3 Å². The zero-order valence-electron chi connectivity index (χ0n) is 11.5. The highest BCUT2D eigenvalue weighted by atomic mass is 32.1. The average Bonchev–Trinajstić information content (AvgIpc) is 3.05. The quantitative estimate of drug-likeness (QED) is 0.858. The molecule has 2 heterocycles. The van der Waals surface area contributed by atoms with Gasteiger partial charge >= 0.3 is 0 Å². The lowest BCUT2D eigenvalue weighted by molar-refractivity contribution is 0.0940. The molecule has 108 valence electrons. The van der Waals surface area contributed by atoms with Crippen LogP contribution in [0.3, 0.4) is 0 Å². The summed E-state index contributed by atoms with van der Waals surface area (Å²) in [6.45, 7) is 4.52. The lowest BCUT2D eigenvalue weighted by atomic mass is 10.1. The highest BCUT2D eigenvalue weighted by Crippen LogP contribution is 2.27. The van der Waals surface area contributed by atoms with Gasteiger partial charge in [-0.25, -0.2) is 4.98 Å².